The van der Waals surface area contributed by atoms with E-state index in [0.29, 0.717) is 19.2 Å². The van der Waals surface area contributed by atoms with Gasteiger partial charge in [0.05, 0.1) is 4.90 Å². The fraction of sp³-hybridized carbons (Fsp3) is 0.353. The summed E-state index contributed by atoms with van der Waals surface area (Å²) in [6.45, 7) is 5.53. The van der Waals surface area contributed by atoms with Crippen LogP contribution in [0.15, 0.2) is 23.1 Å². The molecular formula is C17H30N2O14S. The topological polar surface area (TPSA) is 313 Å². The molecule has 1 rings (SSSR count). The minimum absolute atomic E-state index is 0.565. The molecule has 11 N–H and O–H groups in total. The molecular weight excluding hydrogens is 488 g/mol. The third-order valence-corrected chi connectivity index (χ3v) is 2.51. The van der Waals surface area contributed by atoms with Gasteiger partial charge in [0.2, 0.25) is 0 Å². The lowest BCUT2D eigenvalue weighted by atomic mass is 10.2. The van der Waals surface area contributed by atoms with Crippen LogP contribution in [0.3, 0.4) is 0 Å². The summed E-state index contributed by atoms with van der Waals surface area (Å²) in [5, 5.41) is 47.2. The molecule has 0 aliphatic rings. The van der Waals surface area contributed by atoms with E-state index in [0.717, 1.165) is 39.8 Å². The number of aromatic hydroxyl groups is 1. The minimum Gasteiger partial charge on any atom is -0.507 e. The molecule has 0 fully saturated rings. The van der Waals surface area contributed by atoms with E-state index in [2.05, 4.69) is 0 Å². The van der Waals surface area contributed by atoms with Gasteiger partial charge in [-0.05, 0) is 18.2 Å². The molecule has 0 aliphatic heterocycles. The van der Waals surface area contributed by atoms with E-state index in [9.17, 15) is 13.2 Å². The van der Waals surface area contributed by atoms with Crippen molar-refractivity contribution in [2.75, 3.05) is 13.1 Å². The van der Waals surface area contributed by atoms with E-state index in [4.69, 9.17) is 65.8 Å². The van der Waals surface area contributed by atoms with Crippen molar-refractivity contribution in [1.29, 1.82) is 0 Å². The predicted octanol–water partition coefficient (Wildman–Crippen LogP) is -0.395. The van der Waals surface area contributed by atoms with Crippen LogP contribution >= 0.6 is 0 Å². The van der Waals surface area contributed by atoms with Crippen LogP contribution in [0.25, 0.3) is 0 Å². The van der Waals surface area contributed by atoms with E-state index in [1.54, 1.807) is 0 Å². The molecule has 0 saturated carbocycles. The van der Waals surface area contributed by atoms with Crippen LogP contribution in [-0.4, -0.2) is 86.5 Å². The Morgan fingerprint density at radius 1 is 0.735 bits per heavy atom. The summed E-state index contributed by atoms with van der Waals surface area (Å²) >= 11 is 0. The SMILES string of the molecule is CC(=O)O.CC(=O)O.CC(=O)O.CC(=O)O.NCCN.O=C(O)c1cc(S(=O)(=O)O)ccc1O. The third kappa shape index (κ3) is 51.1. The lowest BCUT2D eigenvalue weighted by Gasteiger charge is -2.01. The quantitative estimate of drug-likeness (QED) is 0.230. The van der Waals surface area contributed by atoms with Crippen molar-refractivity contribution in [2.24, 2.45) is 11.5 Å². The minimum atomic E-state index is -4.45. The maximum atomic E-state index is 10.6. The molecule has 198 valence electrons. The van der Waals surface area contributed by atoms with Gasteiger partial charge in [0.25, 0.3) is 34.0 Å². The summed E-state index contributed by atoms with van der Waals surface area (Å²) in [5.41, 5.74) is 9.22. The first-order valence-electron chi connectivity index (χ1n) is 8.39. The van der Waals surface area contributed by atoms with Crippen molar-refractivity contribution in [3.63, 3.8) is 0 Å². The summed E-state index contributed by atoms with van der Waals surface area (Å²) in [5.74, 6) is -5.38. The molecule has 0 spiro atoms. The summed E-state index contributed by atoms with van der Waals surface area (Å²) in [6.07, 6.45) is 0. The molecule has 0 amide bonds. The monoisotopic (exact) mass is 518 g/mol. The molecule has 0 bridgehead atoms. The van der Waals surface area contributed by atoms with Gasteiger partial charge in [0.15, 0.2) is 0 Å². The normalized spacial score (nSPS) is 8.44. The van der Waals surface area contributed by atoms with Gasteiger partial charge < -0.3 is 42.1 Å². The first-order valence-corrected chi connectivity index (χ1v) is 9.83. The molecule has 0 unspecified atom stereocenters. The van der Waals surface area contributed by atoms with Crippen LogP contribution in [0, 0.1) is 0 Å². The van der Waals surface area contributed by atoms with Crippen molar-refractivity contribution in [3.05, 3.63) is 23.8 Å². The van der Waals surface area contributed by atoms with Gasteiger partial charge >= 0.3 is 5.97 Å². The number of aliphatic carboxylic acids is 4. The second-order valence-corrected chi connectivity index (χ2v) is 6.53. The highest BCUT2D eigenvalue weighted by molar-refractivity contribution is 7.85. The van der Waals surface area contributed by atoms with Gasteiger partial charge in [0, 0.05) is 40.8 Å². The average Bonchev–Trinajstić information content (AvgIpc) is 2.59. The Hall–Kier alpha value is -3.80. The number of carboxylic acids is 5. The number of hydrogen-bond acceptors (Lipinski definition) is 10. The van der Waals surface area contributed by atoms with Crippen molar-refractivity contribution in [3.8, 4) is 5.75 Å². The van der Waals surface area contributed by atoms with Gasteiger partial charge in [0.1, 0.15) is 11.3 Å². The summed E-state index contributed by atoms with van der Waals surface area (Å²) in [4.78, 5) is 45.9. The van der Waals surface area contributed by atoms with Gasteiger partial charge in [-0.3, -0.25) is 23.7 Å². The number of aromatic carboxylic acids is 1. The van der Waals surface area contributed by atoms with Gasteiger partial charge in [-0.15, -0.1) is 0 Å². The van der Waals surface area contributed by atoms with Crippen molar-refractivity contribution >= 4 is 40.0 Å². The second-order valence-electron chi connectivity index (χ2n) is 5.11. The van der Waals surface area contributed by atoms with Crippen LogP contribution < -0.4 is 11.5 Å². The van der Waals surface area contributed by atoms with E-state index in [1.165, 1.54) is 0 Å². The highest BCUT2D eigenvalue weighted by Gasteiger charge is 2.16. The first-order chi connectivity index (χ1) is 15.2. The van der Waals surface area contributed by atoms with Crippen LogP contribution in [-0.2, 0) is 29.3 Å². The Labute approximate surface area is 194 Å². The van der Waals surface area contributed by atoms with Crippen molar-refractivity contribution in [1.82, 2.24) is 0 Å². The molecule has 0 radical (unpaired) electrons. The maximum Gasteiger partial charge on any atom is 0.339 e. The number of carboxylic acid groups (broad SMARTS) is 5. The lowest BCUT2D eigenvalue weighted by Crippen LogP contribution is -2.11. The Morgan fingerprint density at radius 2 is 1.00 bits per heavy atom. The molecule has 34 heavy (non-hydrogen) atoms. The van der Waals surface area contributed by atoms with Crippen molar-refractivity contribution in [2.45, 2.75) is 32.6 Å². The Morgan fingerprint density at radius 3 is 1.18 bits per heavy atom. The lowest BCUT2D eigenvalue weighted by molar-refractivity contribution is -0.135. The number of carbonyl (C=O) groups is 5. The molecule has 0 aromatic heterocycles. The number of hydrogen-bond donors (Lipinski definition) is 9. The Kier molecular flexibility index (Phi) is 28.4. The first kappa shape index (κ1) is 40.5. The van der Waals surface area contributed by atoms with E-state index in [1.807, 2.05) is 0 Å². The standard InChI is InChI=1S/C7H6O6S.C2H8N2.4C2H4O2/c8-6-2-1-4(14(11,12)13)3-5(6)7(9)10;3-1-2-4;4*1-2(3)4/h1-3,8H,(H,9,10)(H,11,12,13);1-4H2;4*1H3,(H,3,4). The zero-order valence-corrected chi connectivity index (χ0v) is 19.5. The Bertz CT molecular complexity index is 803. The van der Waals surface area contributed by atoms with Crippen LogP contribution in [0.4, 0.5) is 0 Å². The highest BCUT2D eigenvalue weighted by atomic mass is 32.2. The van der Waals surface area contributed by atoms with Crippen LogP contribution in [0.5, 0.6) is 5.75 Å². The fourth-order valence-electron chi connectivity index (χ4n) is 0.847. The molecule has 0 heterocycles. The number of rotatable bonds is 3. The average molecular weight is 518 g/mol. The molecule has 0 saturated heterocycles. The van der Waals surface area contributed by atoms with E-state index in [-0.39, 0.29) is 0 Å². The summed E-state index contributed by atoms with van der Waals surface area (Å²) in [6, 6.07) is 2.46. The molecule has 0 atom stereocenters. The number of phenols is 1. The summed E-state index contributed by atoms with van der Waals surface area (Å²) in [7, 11) is -4.45. The van der Waals surface area contributed by atoms with Crippen molar-refractivity contribution < 1.29 is 67.6 Å². The largest absolute Gasteiger partial charge is 0.507 e. The molecule has 1 aromatic rings. The second kappa shape index (κ2) is 23.9. The van der Waals surface area contributed by atoms with Gasteiger partial charge in [-0.2, -0.15) is 8.42 Å². The summed E-state index contributed by atoms with van der Waals surface area (Å²) < 4.78 is 29.8. The van der Waals surface area contributed by atoms with Gasteiger partial charge in [-0.1, -0.05) is 0 Å². The predicted molar refractivity (Wildman–Crippen MR) is 116 cm³/mol. The van der Waals surface area contributed by atoms with Crippen LogP contribution in [0.2, 0.25) is 0 Å². The van der Waals surface area contributed by atoms with Gasteiger partial charge in [-0.25, -0.2) is 4.79 Å². The zero-order chi connectivity index (χ0) is 28.7. The molecule has 1 aromatic carbocycles. The fourth-order valence-corrected chi connectivity index (χ4v) is 1.35. The smallest absolute Gasteiger partial charge is 0.339 e. The molecule has 16 nitrogen and oxygen atoms in total. The number of benzene rings is 1. The molecule has 17 heteroatoms. The van der Waals surface area contributed by atoms with E-state index >= 15 is 0 Å². The Balaban J connectivity index is -0.000000116. The highest BCUT2D eigenvalue weighted by Crippen LogP contribution is 2.20. The third-order valence-electron chi connectivity index (χ3n) is 1.66. The number of nitrogens with two attached hydrogens (primary N) is 2. The zero-order valence-electron chi connectivity index (χ0n) is 18.7. The molecule has 0 aliphatic carbocycles. The maximum absolute atomic E-state index is 10.6. The van der Waals surface area contributed by atoms with E-state index < -0.39 is 56.2 Å². The van der Waals surface area contributed by atoms with Crippen LogP contribution in [0.1, 0.15) is 38.1 Å².